The summed E-state index contributed by atoms with van der Waals surface area (Å²) in [6.45, 7) is 4.99. The number of carbonyl (C=O) groups excluding carboxylic acids is 1. The number of fused-ring (bicyclic) bond motifs is 1. The van der Waals surface area contributed by atoms with Crippen LogP contribution in [-0.2, 0) is 11.3 Å². The van der Waals surface area contributed by atoms with Gasteiger partial charge in [0, 0.05) is 50.0 Å². The van der Waals surface area contributed by atoms with Gasteiger partial charge in [-0.15, -0.1) is 0 Å². The quantitative estimate of drug-likeness (QED) is 0.736. The third-order valence-corrected chi connectivity index (χ3v) is 4.95. The molecule has 1 saturated heterocycles. The molecule has 1 N–H and O–H groups in total. The van der Waals surface area contributed by atoms with Crippen LogP contribution in [0, 0.1) is 0 Å². The molecule has 1 aliphatic heterocycles. The first-order valence-electron chi connectivity index (χ1n) is 8.97. The topological polar surface area (TPSA) is 46.5 Å². The highest BCUT2D eigenvalue weighted by atomic mass is 16.5. The maximum absolute atomic E-state index is 12.0. The molecule has 0 unspecified atom stereocenters. The van der Waals surface area contributed by atoms with E-state index in [4.69, 9.17) is 4.74 Å². The van der Waals surface area contributed by atoms with Gasteiger partial charge in [0.1, 0.15) is 0 Å². The maximum Gasteiger partial charge on any atom is 0.337 e. The average molecular weight is 349 g/mol. The van der Waals surface area contributed by atoms with E-state index in [1.54, 1.807) is 0 Å². The average Bonchev–Trinajstić information content (AvgIpc) is 3.06. The van der Waals surface area contributed by atoms with E-state index in [2.05, 4.69) is 33.1 Å². The van der Waals surface area contributed by atoms with Crippen LogP contribution < -0.4 is 5.32 Å². The lowest BCUT2D eigenvalue weighted by molar-refractivity contribution is 0.0601. The standard InChI is InChI=1S/C21H23N3O2/c1-26-21(25)16-7-8-20-19(13-16)17(14-23-11-9-22-10-12-23)15-24(20)18-5-3-2-4-6-18/h2-8,13,15,22H,9-12,14H2,1H3. The fourth-order valence-corrected chi connectivity index (χ4v) is 3.58. The molecule has 0 bridgehead atoms. The van der Waals surface area contributed by atoms with Crippen molar-refractivity contribution in [2.45, 2.75) is 6.54 Å². The van der Waals surface area contributed by atoms with E-state index in [0.717, 1.165) is 49.3 Å². The summed E-state index contributed by atoms with van der Waals surface area (Å²) in [5.41, 5.74) is 4.05. The van der Waals surface area contributed by atoms with Crippen LogP contribution in [0.2, 0.25) is 0 Å². The van der Waals surface area contributed by atoms with Gasteiger partial charge in [-0.05, 0) is 35.9 Å². The van der Waals surface area contributed by atoms with Crippen LogP contribution in [0.4, 0.5) is 0 Å². The molecular weight excluding hydrogens is 326 g/mol. The normalized spacial score (nSPS) is 15.3. The van der Waals surface area contributed by atoms with Crippen molar-refractivity contribution in [3.8, 4) is 5.69 Å². The summed E-state index contributed by atoms with van der Waals surface area (Å²) in [5.74, 6) is -0.299. The van der Waals surface area contributed by atoms with Crippen molar-refractivity contribution in [3.05, 3.63) is 65.9 Å². The van der Waals surface area contributed by atoms with Gasteiger partial charge in [0.25, 0.3) is 0 Å². The first-order valence-corrected chi connectivity index (χ1v) is 8.97. The number of carbonyl (C=O) groups is 1. The summed E-state index contributed by atoms with van der Waals surface area (Å²) in [5, 5.41) is 4.50. The fourth-order valence-electron chi connectivity index (χ4n) is 3.58. The summed E-state index contributed by atoms with van der Waals surface area (Å²) in [7, 11) is 1.42. The van der Waals surface area contributed by atoms with Crippen LogP contribution in [0.5, 0.6) is 0 Å². The summed E-state index contributed by atoms with van der Waals surface area (Å²) in [6, 6.07) is 16.1. The Morgan fingerprint density at radius 1 is 1.12 bits per heavy atom. The molecule has 2 heterocycles. The number of piperazine rings is 1. The summed E-state index contributed by atoms with van der Waals surface area (Å²) >= 11 is 0. The lowest BCUT2D eigenvalue weighted by atomic mass is 10.1. The van der Waals surface area contributed by atoms with Gasteiger partial charge in [-0.2, -0.15) is 0 Å². The minimum atomic E-state index is -0.299. The van der Waals surface area contributed by atoms with Crippen LogP contribution in [0.1, 0.15) is 15.9 Å². The first-order chi connectivity index (χ1) is 12.8. The summed E-state index contributed by atoms with van der Waals surface area (Å²) < 4.78 is 7.10. The molecule has 3 aromatic rings. The molecule has 1 aliphatic rings. The van der Waals surface area contributed by atoms with Gasteiger partial charge >= 0.3 is 5.97 Å². The molecule has 134 valence electrons. The molecule has 0 aliphatic carbocycles. The Morgan fingerprint density at radius 2 is 1.88 bits per heavy atom. The first kappa shape index (κ1) is 16.8. The van der Waals surface area contributed by atoms with E-state index in [9.17, 15) is 4.79 Å². The van der Waals surface area contributed by atoms with Crippen LogP contribution in [0.3, 0.4) is 0 Å². The zero-order valence-corrected chi connectivity index (χ0v) is 14.9. The van der Waals surface area contributed by atoms with Gasteiger partial charge in [0.15, 0.2) is 0 Å². The summed E-state index contributed by atoms with van der Waals surface area (Å²) in [6.07, 6.45) is 2.20. The van der Waals surface area contributed by atoms with E-state index >= 15 is 0 Å². The Bertz CT molecular complexity index is 912. The largest absolute Gasteiger partial charge is 0.465 e. The SMILES string of the molecule is COC(=O)c1ccc2c(c1)c(CN1CCNCC1)cn2-c1ccccc1. The van der Waals surface area contributed by atoms with Gasteiger partial charge < -0.3 is 14.6 Å². The summed E-state index contributed by atoms with van der Waals surface area (Å²) in [4.78, 5) is 14.4. The van der Waals surface area contributed by atoms with Gasteiger partial charge in [-0.3, -0.25) is 4.90 Å². The van der Waals surface area contributed by atoms with Crippen molar-refractivity contribution in [2.75, 3.05) is 33.3 Å². The Morgan fingerprint density at radius 3 is 2.62 bits per heavy atom. The smallest absolute Gasteiger partial charge is 0.337 e. The second-order valence-corrected chi connectivity index (χ2v) is 6.61. The Labute approximate surface area is 153 Å². The number of methoxy groups -OCH3 is 1. The van der Waals surface area contributed by atoms with E-state index in [1.807, 2.05) is 36.4 Å². The molecular formula is C21H23N3O2. The van der Waals surface area contributed by atoms with Gasteiger partial charge in [0.05, 0.1) is 18.2 Å². The highest BCUT2D eigenvalue weighted by Gasteiger charge is 2.17. The molecule has 2 aromatic carbocycles. The number of ether oxygens (including phenoxy) is 1. The molecule has 1 fully saturated rings. The third-order valence-electron chi connectivity index (χ3n) is 4.95. The lowest BCUT2D eigenvalue weighted by Crippen LogP contribution is -2.42. The predicted octanol–water partition coefficient (Wildman–Crippen LogP) is 2.82. The van der Waals surface area contributed by atoms with Gasteiger partial charge in [0.2, 0.25) is 0 Å². The highest BCUT2D eigenvalue weighted by Crippen LogP contribution is 2.27. The van der Waals surface area contributed by atoms with Crippen LogP contribution in [0.25, 0.3) is 16.6 Å². The number of esters is 1. The second kappa shape index (κ2) is 7.32. The minimum Gasteiger partial charge on any atom is -0.465 e. The Balaban J connectivity index is 1.80. The molecule has 5 nitrogen and oxygen atoms in total. The Kier molecular flexibility index (Phi) is 4.73. The minimum absolute atomic E-state index is 0.299. The molecule has 26 heavy (non-hydrogen) atoms. The highest BCUT2D eigenvalue weighted by molar-refractivity contribution is 5.96. The van der Waals surface area contributed by atoms with Crippen molar-refractivity contribution in [2.24, 2.45) is 0 Å². The van der Waals surface area contributed by atoms with Crippen LogP contribution in [0.15, 0.2) is 54.7 Å². The number of nitrogens with zero attached hydrogens (tertiary/aromatic N) is 2. The Hall–Kier alpha value is -2.63. The van der Waals surface area contributed by atoms with Crippen molar-refractivity contribution in [1.82, 2.24) is 14.8 Å². The van der Waals surface area contributed by atoms with Crippen molar-refractivity contribution in [3.63, 3.8) is 0 Å². The van der Waals surface area contributed by atoms with Crippen molar-refractivity contribution >= 4 is 16.9 Å². The molecule has 0 spiro atoms. The molecule has 1 aromatic heterocycles. The third kappa shape index (κ3) is 3.23. The monoisotopic (exact) mass is 349 g/mol. The number of hydrogen-bond acceptors (Lipinski definition) is 4. The lowest BCUT2D eigenvalue weighted by Gasteiger charge is -2.26. The molecule has 4 rings (SSSR count). The fraction of sp³-hybridized carbons (Fsp3) is 0.286. The van der Waals surface area contributed by atoms with Crippen LogP contribution >= 0.6 is 0 Å². The molecule has 0 saturated carbocycles. The maximum atomic E-state index is 12.0. The number of rotatable bonds is 4. The zero-order chi connectivity index (χ0) is 17.9. The molecule has 0 radical (unpaired) electrons. The van der Waals surface area contributed by atoms with Gasteiger partial charge in [-0.1, -0.05) is 18.2 Å². The van der Waals surface area contributed by atoms with E-state index in [0.29, 0.717) is 5.56 Å². The van der Waals surface area contributed by atoms with E-state index in [-0.39, 0.29) is 5.97 Å². The zero-order valence-electron chi connectivity index (χ0n) is 14.9. The van der Waals surface area contributed by atoms with E-state index < -0.39 is 0 Å². The molecule has 5 heteroatoms. The number of hydrogen-bond donors (Lipinski definition) is 1. The van der Waals surface area contributed by atoms with Crippen LogP contribution in [-0.4, -0.2) is 48.7 Å². The van der Waals surface area contributed by atoms with Crippen molar-refractivity contribution in [1.29, 1.82) is 0 Å². The molecule has 0 amide bonds. The second-order valence-electron chi connectivity index (χ2n) is 6.61. The van der Waals surface area contributed by atoms with E-state index in [1.165, 1.54) is 12.7 Å². The number of benzene rings is 2. The van der Waals surface area contributed by atoms with Gasteiger partial charge in [-0.25, -0.2) is 4.79 Å². The molecule has 0 atom stereocenters. The number of aromatic nitrogens is 1. The van der Waals surface area contributed by atoms with Crippen molar-refractivity contribution < 1.29 is 9.53 Å². The predicted molar refractivity (Wildman–Crippen MR) is 103 cm³/mol. The number of nitrogens with one attached hydrogen (secondary N) is 1. The number of para-hydroxylation sites is 1.